The number of hydrogen-bond donors (Lipinski definition) is 3. The van der Waals surface area contributed by atoms with E-state index in [4.69, 9.17) is 26.5 Å². The molecular formula is C25H36ClN5O6S. The Labute approximate surface area is 229 Å². The first-order valence-corrected chi connectivity index (χ1v) is 14.0. The van der Waals surface area contributed by atoms with Crippen molar-refractivity contribution in [2.45, 2.75) is 45.6 Å². The number of rotatable bonds is 12. The molecule has 0 bridgehead atoms. The summed E-state index contributed by atoms with van der Waals surface area (Å²) in [7, 11) is -4.14. The van der Waals surface area contributed by atoms with E-state index >= 15 is 0 Å². The van der Waals surface area contributed by atoms with E-state index in [1.165, 1.54) is 0 Å². The second kappa shape index (κ2) is 14.2. The smallest absolute Gasteiger partial charge is 0.422 e. The number of anilines is 1. The number of piperazine rings is 1. The monoisotopic (exact) mass is 569 g/mol. The molecule has 2 rings (SSSR count). The van der Waals surface area contributed by atoms with E-state index in [1.54, 1.807) is 56.0 Å². The summed E-state index contributed by atoms with van der Waals surface area (Å²) in [5.41, 5.74) is -0.176. The number of unbranched alkanes of at least 4 members (excludes halogenated alkanes) is 2. The average molecular weight is 570 g/mol. The number of nitrogens with zero attached hydrogens (tertiary/aromatic N) is 2. The molecule has 1 aromatic carbocycles. The molecule has 1 fully saturated rings. The van der Waals surface area contributed by atoms with Crippen molar-refractivity contribution in [1.82, 2.24) is 13.9 Å². The summed E-state index contributed by atoms with van der Waals surface area (Å²) in [6, 6.07) is 6.64. The van der Waals surface area contributed by atoms with Crippen molar-refractivity contribution >= 4 is 45.7 Å². The zero-order valence-electron chi connectivity index (χ0n) is 22.0. The summed E-state index contributed by atoms with van der Waals surface area (Å²) in [5.74, 6) is -0.613. The van der Waals surface area contributed by atoms with Crippen molar-refractivity contribution < 1.29 is 27.5 Å². The maximum absolute atomic E-state index is 13.2. The van der Waals surface area contributed by atoms with Crippen LogP contribution in [0.1, 0.15) is 40.0 Å². The first-order chi connectivity index (χ1) is 17.9. The second-order valence-corrected chi connectivity index (χ2v) is 11.6. The second-order valence-electron chi connectivity index (χ2n) is 9.45. The molecule has 210 valence electrons. The molecule has 38 heavy (non-hydrogen) atoms. The quantitative estimate of drug-likeness (QED) is 0.114. The highest BCUT2D eigenvalue weighted by Gasteiger charge is 2.32. The Bertz CT molecular complexity index is 1140. The molecule has 1 saturated heterocycles. The molecule has 0 aromatic heterocycles. The van der Waals surface area contributed by atoms with Gasteiger partial charge in [0.2, 0.25) is 5.76 Å². The SMILES string of the molecule is C=CCCCCOC(C(=O)Nc1cccc(Cl)c1)=C(C=N)N1CCN(S(=O)(=O)NC(=O)OC(C)(C)C)CC1. The summed E-state index contributed by atoms with van der Waals surface area (Å²) >= 11 is 6.03. The third-order valence-electron chi connectivity index (χ3n) is 5.24. The Hall–Kier alpha value is -3.09. The molecule has 2 amide bonds. The lowest BCUT2D eigenvalue weighted by atomic mass is 10.2. The molecular weight excluding hydrogens is 534 g/mol. The van der Waals surface area contributed by atoms with Crippen molar-refractivity contribution in [3.05, 3.63) is 53.4 Å². The molecule has 3 N–H and O–H groups in total. The third kappa shape index (κ3) is 9.99. The number of nitrogens with one attached hydrogen (secondary N) is 3. The van der Waals surface area contributed by atoms with Gasteiger partial charge < -0.3 is 25.1 Å². The van der Waals surface area contributed by atoms with Gasteiger partial charge in [0.25, 0.3) is 5.91 Å². The minimum atomic E-state index is -4.14. The molecule has 1 heterocycles. The Morgan fingerprint density at radius 3 is 2.45 bits per heavy atom. The van der Waals surface area contributed by atoms with Gasteiger partial charge in [-0.15, -0.1) is 6.58 Å². The predicted octanol–water partition coefficient (Wildman–Crippen LogP) is 3.90. The molecule has 0 saturated carbocycles. The number of hydrogen-bond acceptors (Lipinski definition) is 8. The van der Waals surface area contributed by atoms with Crippen LogP contribution in [0.5, 0.6) is 0 Å². The van der Waals surface area contributed by atoms with Crippen molar-refractivity contribution in [2.75, 3.05) is 38.1 Å². The maximum atomic E-state index is 13.2. The zero-order valence-corrected chi connectivity index (χ0v) is 23.5. The minimum absolute atomic E-state index is 0.0119. The van der Waals surface area contributed by atoms with Gasteiger partial charge in [-0.2, -0.15) is 12.7 Å². The van der Waals surface area contributed by atoms with Crippen molar-refractivity contribution in [3.8, 4) is 0 Å². The van der Waals surface area contributed by atoms with Crippen LogP contribution in [0.3, 0.4) is 0 Å². The van der Waals surface area contributed by atoms with Gasteiger partial charge in [0, 0.05) is 43.1 Å². The first kappa shape index (κ1) is 31.1. The van der Waals surface area contributed by atoms with E-state index in [1.807, 2.05) is 4.72 Å². The number of amides is 2. The van der Waals surface area contributed by atoms with Crippen LogP contribution in [0, 0.1) is 5.41 Å². The van der Waals surface area contributed by atoms with Gasteiger partial charge in [0.15, 0.2) is 0 Å². The average Bonchev–Trinajstić information content (AvgIpc) is 2.82. The van der Waals surface area contributed by atoms with Crippen LogP contribution in [0.4, 0.5) is 10.5 Å². The van der Waals surface area contributed by atoms with Crippen molar-refractivity contribution in [2.24, 2.45) is 0 Å². The molecule has 1 aliphatic rings. The standard InChI is InChI=1S/C25H36ClN5O6S/c1-5-6-7-8-16-36-22(23(32)28-20-11-9-10-19(26)17-20)21(18-27)30-12-14-31(15-13-30)38(34,35)29-24(33)37-25(2,3)4/h5,9-11,17-18,27H,1,6-8,12-16H2,2-4H3,(H,28,32)(H,29,33). The number of carbonyl (C=O) groups excluding carboxylic acids is 2. The largest absolute Gasteiger partial charge is 0.486 e. The number of halogens is 1. The molecule has 0 unspecified atom stereocenters. The van der Waals surface area contributed by atoms with E-state index in [9.17, 15) is 18.0 Å². The lowest BCUT2D eigenvalue weighted by Crippen LogP contribution is -2.53. The number of benzene rings is 1. The molecule has 0 atom stereocenters. The van der Waals surface area contributed by atoms with Crippen LogP contribution < -0.4 is 10.0 Å². The van der Waals surface area contributed by atoms with Crippen LogP contribution in [-0.4, -0.2) is 74.2 Å². The fourth-order valence-electron chi connectivity index (χ4n) is 3.51. The minimum Gasteiger partial charge on any atom is -0.486 e. The Balaban J connectivity index is 2.18. The van der Waals surface area contributed by atoms with Gasteiger partial charge in [0.05, 0.1) is 6.61 Å². The predicted molar refractivity (Wildman–Crippen MR) is 147 cm³/mol. The maximum Gasteiger partial charge on any atom is 0.422 e. The molecule has 1 aromatic rings. The number of ether oxygens (including phenoxy) is 2. The Kier molecular flexibility index (Phi) is 11.6. The van der Waals surface area contributed by atoms with Crippen LogP contribution in [0.25, 0.3) is 0 Å². The van der Waals surface area contributed by atoms with Crippen LogP contribution in [0.2, 0.25) is 5.02 Å². The van der Waals surface area contributed by atoms with E-state index in [-0.39, 0.29) is 44.2 Å². The molecule has 11 nitrogen and oxygen atoms in total. The lowest BCUT2D eigenvalue weighted by molar-refractivity contribution is -0.116. The molecule has 0 spiro atoms. The summed E-state index contributed by atoms with van der Waals surface area (Å²) < 4.78 is 39.2. The topological polar surface area (TPSA) is 141 Å². The molecule has 13 heteroatoms. The van der Waals surface area contributed by atoms with Gasteiger partial charge in [-0.1, -0.05) is 23.7 Å². The molecule has 1 aliphatic heterocycles. The van der Waals surface area contributed by atoms with Crippen LogP contribution >= 0.6 is 11.6 Å². The van der Waals surface area contributed by atoms with Crippen molar-refractivity contribution in [1.29, 1.82) is 5.41 Å². The van der Waals surface area contributed by atoms with Gasteiger partial charge in [0.1, 0.15) is 11.3 Å². The van der Waals surface area contributed by atoms with Gasteiger partial charge >= 0.3 is 16.3 Å². The van der Waals surface area contributed by atoms with Crippen molar-refractivity contribution in [3.63, 3.8) is 0 Å². The zero-order chi connectivity index (χ0) is 28.3. The number of allylic oxidation sites excluding steroid dienone is 2. The van der Waals surface area contributed by atoms with E-state index < -0.39 is 27.8 Å². The fraction of sp³-hybridized carbons (Fsp3) is 0.480. The normalized spacial score (nSPS) is 15.2. The fourth-order valence-corrected chi connectivity index (χ4v) is 4.73. The summed E-state index contributed by atoms with van der Waals surface area (Å²) in [4.78, 5) is 26.9. The van der Waals surface area contributed by atoms with Gasteiger partial charge in [-0.3, -0.25) is 4.79 Å². The molecule has 0 aliphatic carbocycles. The number of carbonyl (C=O) groups is 2. The molecule has 0 radical (unpaired) electrons. The van der Waals surface area contributed by atoms with Crippen LogP contribution in [0.15, 0.2) is 48.4 Å². The third-order valence-corrected chi connectivity index (χ3v) is 6.94. The first-order valence-electron chi connectivity index (χ1n) is 12.2. The summed E-state index contributed by atoms with van der Waals surface area (Å²) in [6.07, 6.45) is 4.06. The van der Waals surface area contributed by atoms with Gasteiger partial charge in [-0.25, -0.2) is 9.52 Å². The Morgan fingerprint density at radius 2 is 1.87 bits per heavy atom. The van der Waals surface area contributed by atoms with Gasteiger partial charge in [-0.05, 0) is 58.2 Å². The Morgan fingerprint density at radius 1 is 1.18 bits per heavy atom. The lowest BCUT2D eigenvalue weighted by Gasteiger charge is -2.36. The highest BCUT2D eigenvalue weighted by Crippen LogP contribution is 2.20. The van der Waals surface area contributed by atoms with E-state index in [0.29, 0.717) is 17.1 Å². The summed E-state index contributed by atoms with van der Waals surface area (Å²) in [5, 5.41) is 11.2. The van der Waals surface area contributed by atoms with E-state index in [0.717, 1.165) is 23.4 Å². The summed E-state index contributed by atoms with van der Waals surface area (Å²) in [6.45, 7) is 9.18. The highest BCUT2D eigenvalue weighted by atomic mass is 35.5. The highest BCUT2D eigenvalue weighted by molar-refractivity contribution is 7.87. The van der Waals surface area contributed by atoms with Crippen LogP contribution in [-0.2, 0) is 24.5 Å². The van der Waals surface area contributed by atoms with E-state index in [2.05, 4.69) is 11.9 Å².